The molecule has 19 heavy (non-hydrogen) atoms. The Labute approximate surface area is 110 Å². The number of morpholine rings is 1. The highest BCUT2D eigenvalue weighted by Crippen LogP contribution is 2.38. The molecule has 2 aliphatic rings. The van der Waals surface area contributed by atoms with E-state index in [0.717, 1.165) is 12.8 Å². The molecule has 0 atom stereocenters. The number of rotatable bonds is 3. The molecule has 0 amide bonds. The first kappa shape index (κ1) is 12.2. The first-order chi connectivity index (χ1) is 9.16. The molecule has 102 valence electrons. The van der Waals surface area contributed by atoms with Gasteiger partial charge in [-0.2, -0.15) is 0 Å². The highest BCUT2D eigenvalue weighted by Gasteiger charge is 2.29. The SMILES string of the molecule is O=C(O)c1cc(C2CC2)c(=O)n(N2CCOCC2)c1. The van der Waals surface area contributed by atoms with Crippen LogP contribution in [0.25, 0.3) is 0 Å². The first-order valence-corrected chi connectivity index (χ1v) is 6.49. The van der Waals surface area contributed by atoms with Gasteiger partial charge in [0.1, 0.15) is 0 Å². The average Bonchev–Trinajstić information content (AvgIpc) is 3.24. The lowest BCUT2D eigenvalue weighted by molar-refractivity contribution is 0.0695. The predicted molar refractivity (Wildman–Crippen MR) is 68.4 cm³/mol. The summed E-state index contributed by atoms with van der Waals surface area (Å²) in [5.41, 5.74) is 0.716. The molecule has 3 rings (SSSR count). The second kappa shape index (κ2) is 4.70. The van der Waals surface area contributed by atoms with E-state index in [2.05, 4.69) is 0 Å². The molecule has 0 unspecified atom stereocenters. The predicted octanol–water partition coefficient (Wildman–Crippen LogP) is 0.392. The highest BCUT2D eigenvalue weighted by molar-refractivity contribution is 5.87. The second-order valence-corrected chi connectivity index (χ2v) is 4.98. The first-order valence-electron chi connectivity index (χ1n) is 6.49. The van der Waals surface area contributed by atoms with Crippen molar-refractivity contribution in [1.82, 2.24) is 4.68 Å². The van der Waals surface area contributed by atoms with Crippen molar-refractivity contribution in [3.8, 4) is 0 Å². The number of ether oxygens (including phenoxy) is 1. The number of aromatic nitrogens is 1. The molecule has 0 bridgehead atoms. The average molecular weight is 264 g/mol. The van der Waals surface area contributed by atoms with E-state index in [1.54, 1.807) is 0 Å². The summed E-state index contributed by atoms with van der Waals surface area (Å²) in [5.74, 6) is -0.761. The van der Waals surface area contributed by atoms with E-state index in [-0.39, 0.29) is 17.0 Å². The maximum absolute atomic E-state index is 12.4. The lowest BCUT2D eigenvalue weighted by Crippen LogP contribution is -2.49. The summed E-state index contributed by atoms with van der Waals surface area (Å²) in [4.78, 5) is 23.6. The van der Waals surface area contributed by atoms with Crippen LogP contribution in [-0.4, -0.2) is 42.1 Å². The van der Waals surface area contributed by atoms with Crippen molar-refractivity contribution >= 4 is 5.97 Å². The Morgan fingerprint density at radius 3 is 2.58 bits per heavy atom. The minimum absolute atomic E-state index is 0.0885. The number of carboxylic acids is 1. The minimum atomic E-state index is -0.996. The molecule has 2 heterocycles. The van der Waals surface area contributed by atoms with Crippen molar-refractivity contribution < 1.29 is 14.6 Å². The molecule has 0 radical (unpaired) electrons. The lowest BCUT2D eigenvalue weighted by Gasteiger charge is -2.30. The quantitative estimate of drug-likeness (QED) is 0.855. The van der Waals surface area contributed by atoms with Gasteiger partial charge < -0.3 is 14.9 Å². The Hall–Kier alpha value is -1.82. The van der Waals surface area contributed by atoms with E-state index >= 15 is 0 Å². The third-order valence-electron chi connectivity index (χ3n) is 3.58. The van der Waals surface area contributed by atoms with Gasteiger partial charge in [0.15, 0.2) is 0 Å². The number of pyridine rings is 1. The molecule has 1 aliphatic carbocycles. The molecule has 1 aliphatic heterocycles. The molecular formula is C13H16N2O4. The zero-order chi connectivity index (χ0) is 13.4. The van der Waals surface area contributed by atoms with Gasteiger partial charge in [-0.05, 0) is 24.8 Å². The van der Waals surface area contributed by atoms with Gasteiger partial charge >= 0.3 is 5.97 Å². The van der Waals surface area contributed by atoms with Crippen LogP contribution >= 0.6 is 0 Å². The smallest absolute Gasteiger partial charge is 0.337 e. The third-order valence-corrected chi connectivity index (χ3v) is 3.58. The summed E-state index contributed by atoms with van der Waals surface area (Å²) in [6.07, 6.45) is 3.37. The van der Waals surface area contributed by atoms with E-state index in [1.807, 2.05) is 5.01 Å². The number of carboxylic acid groups (broad SMARTS) is 1. The Morgan fingerprint density at radius 1 is 1.32 bits per heavy atom. The number of aromatic carboxylic acids is 1. The van der Waals surface area contributed by atoms with Gasteiger partial charge in [-0.3, -0.25) is 4.79 Å². The molecule has 0 aromatic carbocycles. The van der Waals surface area contributed by atoms with E-state index in [4.69, 9.17) is 9.84 Å². The molecule has 1 saturated heterocycles. The summed E-state index contributed by atoms with van der Waals surface area (Å²) < 4.78 is 6.71. The molecular weight excluding hydrogens is 248 g/mol. The van der Waals surface area contributed by atoms with Gasteiger partial charge in [-0.1, -0.05) is 0 Å². The Balaban J connectivity index is 2.05. The Morgan fingerprint density at radius 2 is 2.00 bits per heavy atom. The van der Waals surface area contributed by atoms with Gasteiger partial charge in [0.05, 0.1) is 31.9 Å². The summed E-state index contributed by atoms with van der Waals surface area (Å²) >= 11 is 0. The van der Waals surface area contributed by atoms with Crippen LogP contribution in [0.15, 0.2) is 17.1 Å². The summed E-state index contributed by atoms with van der Waals surface area (Å²) in [6.45, 7) is 2.32. The molecule has 1 aromatic heterocycles. The van der Waals surface area contributed by atoms with Gasteiger partial charge in [0.25, 0.3) is 5.56 Å². The number of hydrogen-bond donors (Lipinski definition) is 1. The Kier molecular flexibility index (Phi) is 3.02. The van der Waals surface area contributed by atoms with Crippen LogP contribution in [0.2, 0.25) is 0 Å². The maximum Gasteiger partial charge on any atom is 0.337 e. The third kappa shape index (κ3) is 2.35. The van der Waals surface area contributed by atoms with E-state index in [1.165, 1.54) is 16.9 Å². The molecule has 6 nitrogen and oxygen atoms in total. The van der Waals surface area contributed by atoms with Crippen molar-refractivity contribution in [3.05, 3.63) is 33.7 Å². The van der Waals surface area contributed by atoms with E-state index < -0.39 is 5.97 Å². The van der Waals surface area contributed by atoms with Crippen molar-refractivity contribution in [3.63, 3.8) is 0 Å². The van der Waals surface area contributed by atoms with Crippen LogP contribution < -0.4 is 10.6 Å². The molecule has 1 saturated carbocycles. The van der Waals surface area contributed by atoms with Gasteiger partial charge in [-0.15, -0.1) is 0 Å². The van der Waals surface area contributed by atoms with Crippen molar-refractivity contribution in [2.75, 3.05) is 31.3 Å². The van der Waals surface area contributed by atoms with Gasteiger partial charge in [0, 0.05) is 11.8 Å². The van der Waals surface area contributed by atoms with Gasteiger partial charge in [-0.25, -0.2) is 9.47 Å². The maximum atomic E-state index is 12.4. The molecule has 6 heteroatoms. The van der Waals surface area contributed by atoms with Crippen molar-refractivity contribution in [2.45, 2.75) is 18.8 Å². The lowest BCUT2D eigenvalue weighted by atomic mass is 10.1. The fraction of sp³-hybridized carbons (Fsp3) is 0.538. The second-order valence-electron chi connectivity index (χ2n) is 4.98. The number of hydrogen-bond acceptors (Lipinski definition) is 4. The summed E-state index contributed by atoms with van der Waals surface area (Å²) in [6, 6.07) is 1.53. The molecule has 2 fully saturated rings. The fourth-order valence-electron chi connectivity index (χ4n) is 2.37. The van der Waals surface area contributed by atoms with Crippen LogP contribution in [-0.2, 0) is 4.74 Å². The van der Waals surface area contributed by atoms with Crippen molar-refractivity contribution in [2.24, 2.45) is 0 Å². The standard InChI is InChI=1S/C13H16N2O4/c16-12-11(9-1-2-9)7-10(13(17)18)8-15(12)14-3-5-19-6-4-14/h7-9H,1-6H2,(H,17,18). The summed E-state index contributed by atoms with van der Waals surface area (Å²) in [7, 11) is 0. The largest absolute Gasteiger partial charge is 0.478 e. The number of nitrogens with zero attached hydrogens (tertiary/aromatic N) is 2. The van der Waals surface area contributed by atoms with E-state index in [9.17, 15) is 9.59 Å². The minimum Gasteiger partial charge on any atom is -0.478 e. The fourth-order valence-corrected chi connectivity index (χ4v) is 2.37. The monoisotopic (exact) mass is 264 g/mol. The van der Waals surface area contributed by atoms with Crippen LogP contribution in [0.4, 0.5) is 0 Å². The van der Waals surface area contributed by atoms with Crippen molar-refractivity contribution in [1.29, 1.82) is 0 Å². The Bertz CT molecular complexity index is 556. The number of carbonyl (C=O) groups is 1. The zero-order valence-electron chi connectivity index (χ0n) is 10.5. The zero-order valence-corrected chi connectivity index (χ0v) is 10.5. The topological polar surface area (TPSA) is 71.8 Å². The van der Waals surface area contributed by atoms with Crippen LogP contribution in [0.1, 0.15) is 34.7 Å². The molecule has 1 N–H and O–H groups in total. The van der Waals surface area contributed by atoms with Crippen LogP contribution in [0.5, 0.6) is 0 Å². The summed E-state index contributed by atoms with van der Waals surface area (Å²) in [5, 5.41) is 11.0. The van der Waals surface area contributed by atoms with Gasteiger partial charge in [0.2, 0.25) is 0 Å². The van der Waals surface area contributed by atoms with Crippen LogP contribution in [0, 0.1) is 0 Å². The molecule has 1 aromatic rings. The van der Waals surface area contributed by atoms with E-state index in [0.29, 0.717) is 31.9 Å². The highest BCUT2D eigenvalue weighted by atomic mass is 16.5. The normalized spacial score (nSPS) is 19.5. The molecule has 0 spiro atoms. The van der Waals surface area contributed by atoms with Crippen LogP contribution in [0.3, 0.4) is 0 Å².